The van der Waals surface area contributed by atoms with E-state index in [0.29, 0.717) is 24.2 Å². The average Bonchev–Trinajstić information content (AvgIpc) is 3.25. The minimum Gasteiger partial charge on any atom is -0.337 e. The Morgan fingerprint density at radius 2 is 1.91 bits per heavy atom. The molecule has 120 valence electrons. The van der Waals surface area contributed by atoms with Crippen molar-refractivity contribution in [1.29, 1.82) is 0 Å². The molecule has 6 heteroatoms. The number of H-pyrrole nitrogens is 1. The van der Waals surface area contributed by atoms with Gasteiger partial charge in [0, 0.05) is 19.5 Å². The van der Waals surface area contributed by atoms with Gasteiger partial charge in [0.25, 0.3) is 5.91 Å². The van der Waals surface area contributed by atoms with Crippen molar-refractivity contribution in [1.82, 2.24) is 15.1 Å². The molecule has 0 atom stereocenters. The molecule has 1 saturated heterocycles. The first-order chi connectivity index (χ1) is 11.2. The molecule has 0 bridgehead atoms. The third kappa shape index (κ3) is 3.77. The molecule has 0 saturated carbocycles. The van der Waals surface area contributed by atoms with E-state index in [9.17, 15) is 9.59 Å². The summed E-state index contributed by atoms with van der Waals surface area (Å²) in [5.41, 5.74) is 1.93. The summed E-state index contributed by atoms with van der Waals surface area (Å²) in [5.74, 6) is -0.218. The van der Waals surface area contributed by atoms with Crippen LogP contribution in [0.25, 0.3) is 0 Å². The Morgan fingerprint density at radius 3 is 2.65 bits per heavy atom. The molecular weight excluding hydrogens is 292 g/mol. The van der Waals surface area contributed by atoms with Crippen LogP contribution >= 0.6 is 0 Å². The van der Waals surface area contributed by atoms with E-state index in [1.807, 2.05) is 30.3 Å². The van der Waals surface area contributed by atoms with Crippen molar-refractivity contribution in [2.24, 2.45) is 0 Å². The number of nitrogens with one attached hydrogen (secondary N) is 2. The number of aromatic nitrogens is 2. The van der Waals surface area contributed by atoms with E-state index in [1.54, 1.807) is 4.90 Å². The Hall–Kier alpha value is -2.63. The van der Waals surface area contributed by atoms with E-state index in [4.69, 9.17) is 0 Å². The second-order valence-electron chi connectivity index (χ2n) is 5.69. The SMILES string of the molecule is O=C(CCc1ccccc1)Nc1cn[nH]c1C(=O)N1CCCC1. The number of anilines is 1. The van der Waals surface area contributed by atoms with Gasteiger partial charge in [0.05, 0.1) is 11.9 Å². The zero-order valence-corrected chi connectivity index (χ0v) is 12.9. The van der Waals surface area contributed by atoms with Gasteiger partial charge in [0.1, 0.15) is 5.69 Å². The molecule has 1 fully saturated rings. The van der Waals surface area contributed by atoms with Gasteiger partial charge in [-0.25, -0.2) is 0 Å². The summed E-state index contributed by atoms with van der Waals surface area (Å²) in [6, 6.07) is 9.85. The summed E-state index contributed by atoms with van der Waals surface area (Å²) in [4.78, 5) is 26.3. The first-order valence-electron chi connectivity index (χ1n) is 7.90. The Balaban J connectivity index is 1.58. The molecule has 0 spiro atoms. The largest absolute Gasteiger partial charge is 0.337 e. The smallest absolute Gasteiger partial charge is 0.274 e. The van der Waals surface area contributed by atoms with Crippen LogP contribution in [0.15, 0.2) is 36.5 Å². The van der Waals surface area contributed by atoms with Gasteiger partial charge < -0.3 is 10.2 Å². The quantitative estimate of drug-likeness (QED) is 0.888. The molecule has 2 amide bonds. The minimum atomic E-state index is -0.120. The molecule has 1 aromatic heterocycles. The normalized spacial score (nSPS) is 14.0. The fourth-order valence-corrected chi connectivity index (χ4v) is 2.74. The van der Waals surface area contributed by atoms with Gasteiger partial charge in [-0.1, -0.05) is 30.3 Å². The topological polar surface area (TPSA) is 78.1 Å². The lowest BCUT2D eigenvalue weighted by atomic mass is 10.1. The molecule has 6 nitrogen and oxygen atoms in total. The Bertz CT molecular complexity index is 675. The van der Waals surface area contributed by atoms with Crippen LogP contribution in [0.4, 0.5) is 5.69 Å². The maximum absolute atomic E-state index is 12.4. The monoisotopic (exact) mass is 312 g/mol. The van der Waals surface area contributed by atoms with Crippen LogP contribution in [-0.4, -0.2) is 40.0 Å². The molecule has 1 aromatic carbocycles. The van der Waals surface area contributed by atoms with Gasteiger partial charge >= 0.3 is 0 Å². The highest BCUT2D eigenvalue weighted by Crippen LogP contribution is 2.18. The van der Waals surface area contributed by atoms with Crippen LogP contribution in [0.1, 0.15) is 35.3 Å². The highest BCUT2D eigenvalue weighted by atomic mass is 16.2. The first-order valence-corrected chi connectivity index (χ1v) is 7.90. The third-order valence-electron chi connectivity index (χ3n) is 4.00. The van der Waals surface area contributed by atoms with Gasteiger partial charge in [-0.05, 0) is 24.8 Å². The van der Waals surface area contributed by atoms with Gasteiger partial charge in [-0.15, -0.1) is 0 Å². The highest BCUT2D eigenvalue weighted by Gasteiger charge is 2.24. The zero-order valence-electron chi connectivity index (χ0n) is 12.9. The standard InChI is InChI=1S/C17H20N4O2/c22-15(9-8-13-6-2-1-3-7-13)19-14-12-18-20-16(14)17(23)21-10-4-5-11-21/h1-3,6-7,12H,4-5,8-11H2,(H,18,20)(H,19,22). The van der Waals surface area contributed by atoms with Crippen molar-refractivity contribution < 1.29 is 9.59 Å². The Morgan fingerprint density at radius 1 is 1.17 bits per heavy atom. The summed E-state index contributed by atoms with van der Waals surface area (Å²) < 4.78 is 0. The van der Waals surface area contributed by atoms with Crippen molar-refractivity contribution in [2.45, 2.75) is 25.7 Å². The molecule has 0 radical (unpaired) electrons. The van der Waals surface area contributed by atoms with E-state index in [2.05, 4.69) is 15.5 Å². The molecule has 0 aliphatic carbocycles. The number of carbonyl (C=O) groups excluding carboxylic acids is 2. The molecule has 0 unspecified atom stereocenters. The number of benzene rings is 1. The predicted molar refractivity (Wildman–Crippen MR) is 87.1 cm³/mol. The van der Waals surface area contributed by atoms with Crippen molar-refractivity contribution in [3.05, 3.63) is 47.8 Å². The number of amides is 2. The lowest BCUT2D eigenvalue weighted by Gasteiger charge is -2.15. The van der Waals surface area contributed by atoms with Crippen LogP contribution in [0.5, 0.6) is 0 Å². The van der Waals surface area contributed by atoms with Crippen molar-refractivity contribution in [3.8, 4) is 0 Å². The van der Waals surface area contributed by atoms with Crippen LogP contribution in [0.3, 0.4) is 0 Å². The van der Waals surface area contributed by atoms with Crippen LogP contribution in [0, 0.1) is 0 Å². The Labute approximate surface area is 134 Å². The van der Waals surface area contributed by atoms with Gasteiger partial charge in [-0.3, -0.25) is 14.7 Å². The number of nitrogens with zero attached hydrogens (tertiary/aromatic N) is 2. The zero-order chi connectivity index (χ0) is 16.1. The number of aryl methyl sites for hydroxylation is 1. The van der Waals surface area contributed by atoms with Gasteiger partial charge in [0.15, 0.2) is 0 Å². The summed E-state index contributed by atoms with van der Waals surface area (Å²) >= 11 is 0. The Kier molecular flexibility index (Phi) is 4.71. The number of carbonyl (C=O) groups is 2. The lowest BCUT2D eigenvalue weighted by molar-refractivity contribution is -0.116. The second kappa shape index (κ2) is 7.09. The fourth-order valence-electron chi connectivity index (χ4n) is 2.74. The highest BCUT2D eigenvalue weighted by molar-refractivity contribution is 6.02. The number of aromatic amines is 1. The number of rotatable bonds is 5. The third-order valence-corrected chi connectivity index (χ3v) is 4.00. The lowest BCUT2D eigenvalue weighted by Crippen LogP contribution is -2.29. The maximum atomic E-state index is 12.4. The predicted octanol–water partition coefficient (Wildman–Crippen LogP) is 2.22. The van der Waals surface area contributed by atoms with Gasteiger partial charge in [-0.2, -0.15) is 5.10 Å². The summed E-state index contributed by atoms with van der Waals surface area (Å²) in [6.45, 7) is 1.53. The van der Waals surface area contributed by atoms with E-state index in [-0.39, 0.29) is 11.8 Å². The first kappa shape index (κ1) is 15.3. The average molecular weight is 312 g/mol. The number of hydrogen-bond donors (Lipinski definition) is 2. The second-order valence-corrected chi connectivity index (χ2v) is 5.69. The molecule has 2 N–H and O–H groups in total. The van der Waals surface area contributed by atoms with Crippen LogP contribution < -0.4 is 5.32 Å². The van der Waals surface area contributed by atoms with Crippen molar-refractivity contribution in [3.63, 3.8) is 0 Å². The van der Waals surface area contributed by atoms with E-state index in [0.717, 1.165) is 31.5 Å². The van der Waals surface area contributed by atoms with Crippen molar-refractivity contribution >= 4 is 17.5 Å². The maximum Gasteiger partial charge on any atom is 0.274 e. The van der Waals surface area contributed by atoms with Crippen molar-refractivity contribution in [2.75, 3.05) is 18.4 Å². The van der Waals surface area contributed by atoms with E-state index in [1.165, 1.54) is 6.20 Å². The van der Waals surface area contributed by atoms with Crippen LogP contribution in [-0.2, 0) is 11.2 Å². The summed E-state index contributed by atoms with van der Waals surface area (Å²) in [5, 5.41) is 9.39. The van der Waals surface area contributed by atoms with E-state index >= 15 is 0 Å². The molecule has 1 aliphatic rings. The molecule has 3 rings (SSSR count). The number of likely N-dealkylation sites (tertiary alicyclic amines) is 1. The van der Waals surface area contributed by atoms with Gasteiger partial charge in [0.2, 0.25) is 5.91 Å². The summed E-state index contributed by atoms with van der Waals surface area (Å²) in [6.07, 6.45) is 4.58. The molecule has 1 aliphatic heterocycles. The number of hydrogen-bond acceptors (Lipinski definition) is 3. The molecular formula is C17H20N4O2. The fraction of sp³-hybridized carbons (Fsp3) is 0.353. The van der Waals surface area contributed by atoms with E-state index < -0.39 is 0 Å². The minimum absolute atomic E-state index is 0.0987. The summed E-state index contributed by atoms with van der Waals surface area (Å²) in [7, 11) is 0. The van der Waals surface area contributed by atoms with Crippen LogP contribution in [0.2, 0.25) is 0 Å². The molecule has 2 heterocycles. The molecule has 23 heavy (non-hydrogen) atoms. The molecule has 2 aromatic rings.